The molecule has 0 radical (unpaired) electrons. The third kappa shape index (κ3) is 5.12. The molecule has 0 spiro atoms. The van der Waals surface area contributed by atoms with Crippen LogP contribution in [-0.4, -0.2) is 96.6 Å². The van der Waals surface area contributed by atoms with Crippen LogP contribution in [0.15, 0.2) is 96.1 Å². The van der Waals surface area contributed by atoms with E-state index in [2.05, 4.69) is 60.4 Å². The van der Waals surface area contributed by atoms with Crippen molar-refractivity contribution in [3.05, 3.63) is 118 Å². The van der Waals surface area contributed by atoms with Gasteiger partial charge in [-0.3, -0.25) is 29.0 Å². The highest BCUT2D eigenvalue weighted by molar-refractivity contribution is 6.41. The zero-order chi connectivity index (χ0) is 35.7. The molecule has 0 unspecified atom stereocenters. The van der Waals surface area contributed by atoms with Crippen molar-refractivity contribution in [1.82, 2.24) is 19.6 Å². The molecule has 4 amide bonds. The van der Waals surface area contributed by atoms with Gasteiger partial charge in [0.25, 0.3) is 23.6 Å². The molecule has 52 heavy (non-hydrogen) atoms. The van der Waals surface area contributed by atoms with Gasteiger partial charge in [0, 0.05) is 59.2 Å². The maximum absolute atomic E-state index is 13.9. The van der Waals surface area contributed by atoms with Crippen LogP contribution in [0.2, 0.25) is 0 Å². The monoisotopic (exact) mass is 688 g/mol. The van der Waals surface area contributed by atoms with Gasteiger partial charge in [0.15, 0.2) is 0 Å². The predicted molar refractivity (Wildman–Crippen MR) is 206 cm³/mol. The van der Waals surface area contributed by atoms with Crippen LogP contribution in [0, 0.1) is 0 Å². The molecule has 0 saturated heterocycles. The highest BCUT2D eigenvalue weighted by Crippen LogP contribution is 2.46. The summed E-state index contributed by atoms with van der Waals surface area (Å²) in [5.41, 5.74) is 4.85. The van der Waals surface area contributed by atoms with Crippen LogP contribution in [0.5, 0.6) is 0 Å². The number of carbonyl (C=O) groups excluding carboxylic acids is 4. The zero-order valence-electron chi connectivity index (χ0n) is 29.6. The number of nitrogens with zero attached hydrogens (tertiary/aromatic N) is 4. The Kier molecular flexibility index (Phi) is 7.90. The average Bonchev–Trinajstić information content (AvgIpc) is 3.86. The summed E-state index contributed by atoms with van der Waals surface area (Å²) in [5.74, 6) is -1.06. The first-order valence-corrected chi connectivity index (χ1v) is 18.3. The number of hydrogen-bond donors (Lipinski definition) is 0. The minimum atomic E-state index is -0.266. The van der Waals surface area contributed by atoms with Gasteiger partial charge in [-0.05, 0) is 109 Å². The van der Waals surface area contributed by atoms with Gasteiger partial charge in [-0.2, -0.15) is 0 Å². The Morgan fingerprint density at radius 3 is 1.15 bits per heavy atom. The Bertz CT molecular complexity index is 2210. The number of benzene rings is 5. The number of rotatable bonds is 12. The van der Waals surface area contributed by atoms with Crippen LogP contribution in [0.3, 0.4) is 0 Å². The van der Waals surface area contributed by atoms with Crippen molar-refractivity contribution < 1.29 is 19.2 Å². The Morgan fingerprint density at radius 2 is 0.846 bits per heavy atom. The highest BCUT2D eigenvalue weighted by atomic mass is 16.2. The first-order chi connectivity index (χ1) is 25.3. The van der Waals surface area contributed by atoms with Gasteiger partial charge in [0.2, 0.25) is 0 Å². The maximum atomic E-state index is 13.9. The maximum Gasteiger partial charge on any atom is 0.261 e. The van der Waals surface area contributed by atoms with Crippen molar-refractivity contribution in [3.63, 3.8) is 0 Å². The molecule has 0 fully saturated rings. The number of likely N-dealkylation sites (N-methyl/N-ethyl adjacent to an activating group) is 2. The second-order valence-electron chi connectivity index (χ2n) is 14.8. The fourth-order valence-corrected chi connectivity index (χ4v) is 8.84. The van der Waals surface area contributed by atoms with Crippen LogP contribution >= 0.6 is 0 Å². The molecule has 8 heteroatoms. The van der Waals surface area contributed by atoms with Crippen molar-refractivity contribution in [3.8, 4) is 0 Å². The van der Waals surface area contributed by atoms with Crippen molar-refractivity contribution in [2.24, 2.45) is 0 Å². The van der Waals surface area contributed by atoms with Gasteiger partial charge in [-0.25, -0.2) is 0 Å². The second-order valence-corrected chi connectivity index (χ2v) is 14.8. The molecule has 0 bridgehead atoms. The molecule has 260 valence electrons. The van der Waals surface area contributed by atoms with E-state index < -0.39 is 0 Å². The van der Waals surface area contributed by atoms with E-state index in [-0.39, 0.29) is 23.6 Å². The summed E-state index contributed by atoms with van der Waals surface area (Å²) in [6.45, 7) is 3.99. The third-order valence-corrected chi connectivity index (χ3v) is 11.3. The molecule has 0 saturated carbocycles. The van der Waals surface area contributed by atoms with Crippen molar-refractivity contribution in [1.29, 1.82) is 0 Å². The minimum absolute atomic E-state index is 0.266. The lowest BCUT2D eigenvalue weighted by molar-refractivity contribution is 0.0590. The number of allylic oxidation sites excluding steroid dienone is 6. The number of carbonyl (C=O) groups is 4. The molecule has 4 aliphatic rings. The van der Waals surface area contributed by atoms with Crippen molar-refractivity contribution in [2.45, 2.75) is 25.7 Å². The topological polar surface area (TPSA) is 81.2 Å². The van der Waals surface area contributed by atoms with Crippen LogP contribution in [-0.2, 0) is 0 Å². The van der Waals surface area contributed by atoms with E-state index in [1.807, 2.05) is 48.5 Å². The molecule has 0 atom stereocenters. The van der Waals surface area contributed by atoms with Gasteiger partial charge < -0.3 is 9.80 Å². The lowest BCUT2D eigenvalue weighted by Crippen LogP contribution is -2.42. The first-order valence-electron chi connectivity index (χ1n) is 18.3. The predicted octanol–water partition coefficient (Wildman–Crippen LogP) is 7.35. The number of amides is 4. The fraction of sp³-hybridized carbons (Fsp3) is 0.273. The summed E-state index contributed by atoms with van der Waals surface area (Å²) in [6.07, 6.45) is 16.1. The third-order valence-electron chi connectivity index (χ3n) is 11.3. The molecule has 5 aromatic rings. The molecule has 0 N–H and O–H groups in total. The summed E-state index contributed by atoms with van der Waals surface area (Å²) in [4.78, 5) is 63.1. The molecule has 9 rings (SSSR count). The number of imide groups is 2. The van der Waals surface area contributed by atoms with Gasteiger partial charge >= 0.3 is 0 Å². The highest BCUT2D eigenvalue weighted by Gasteiger charge is 2.36. The molecule has 2 heterocycles. The Morgan fingerprint density at radius 1 is 0.500 bits per heavy atom. The lowest BCUT2D eigenvalue weighted by Gasteiger charge is -2.30. The average molecular weight is 689 g/mol. The summed E-state index contributed by atoms with van der Waals surface area (Å²) in [6, 6.07) is 15.2. The van der Waals surface area contributed by atoms with E-state index in [0.717, 1.165) is 71.3 Å². The quantitative estimate of drug-likeness (QED) is 0.0775. The second kappa shape index (κ2) is 12.7. The molecule has 2 aliphatic carbocycles. The van der Waals surface area contributed by atoms with Crippen LogP contribution < -0.4 is 0 Å². The van der Waals surface area contributed by atoms with Gasteiger partial charge in [0.1, 0.15) is 0 Å². The van der Waals surface area contributed by atoms with Crippen LogP contribution in [0.25, 0.3) is 43.1 Å². The first kappa shape index (κ1) is 32.5. The normalized spacial score (nSPS) is 16.8. The summed E-state index contributed by atoms with van der Waals surface area (Å²) < 4.78 is 0. The van der Waals surface area contributed by atoms with E-state index in [4.69, 9.17) is 0 Å². The molecule has 5 aromatic carbocycles. The van der Waals surface area contributed by atoms with E-state index in [1.54, 1.807) is 0 Å². The number of fused-ring (bicyclic) bond motifs is 2. The smallest absolute Gasteiger partial charge is 0.261 e. The van der Waals surface area contributed by atoms with Gasteiger partial charge in [0.05, 0.1) is 0 Å². The molecule has 8 nitrogen and oxygen atoms in total. The molecular weight excluding hydrogens is 649 g/mol. The van der Waals surface area contributed by atoms with Crippen LogP contribution in [0.1, 0.15) is 67.1 Å². The summed E-state index contributed by atoms with van der Waals surface area (Å²) >= 11 is 0. The van der Waals surface area contributed by atoms with E-state index in [1.165, 1.54) is 20.9 Å². The van der Waals surface area contributed by atoms with E-state index in [9.17, 15) is 19.2 Å². The standard InChI is InChI=1S/C44H40N4O4/c1-45(25-27-9-3-4-10-27)21-7-23-47-41(49)33-17-13-29-31-15-19-35-40-36(20-16-32(38(31)40)30-14-18-34(42(47)50)39(33)37(29)30)44(52)48(43(35)51)24-8-22-46(2)26-28-11-5-6-12-28/h3-6,9,11,13-20H,7-8,10,12,21-26H2,1-2H3. The molecule has 2 aliphatic heterocycles. The Balaban J connectivity index is 1.02. The molecular formula is C44H40N4O4. The Hall–Kier alpha value is -5.44. The fourth-order valence-electron chi connectivity index (χ4n) is 8.84. The van der Waals surface area contributed by atoms with Crippen LogP contribution in [0.4, 0.5) is 0 Å². The largest absolute Gasteiger partial charge is 0.302 e. The molecule has 0 aromatic heterocycles. The summed E-state index contributed by atoms with van der Waals surface area (Å²) in [5, 5.41) is 6.70. The van der Waals surface area contributed by atoms with Crippen molar-refractivity contribution >= 4 is 66.7 Å². The lowest BCUT2D eigenvalue weighted by atomic mass is 9.82. The summed E-state index contributed by atoms with van der Waals surface area (Å²) in [7, 11) is 4.14. The SMILES string of the molecule is CN(CCCN1C(=O)c2ccc3c4ccc5c6c(ccc(c7ccc(c2c37)C1=O)c64)C(=O)N(CCCN(C)CC1=CC=CC1)C5=O)CC1=CC=CC1. The van der Waals surface area contributed by atoms with E-state index >= 15 is 0 Å². The Labute approximate surface area is 302 Å². The van der Waals surface area contributed by atoms with Gasteiger partial charge in [-0.1, -0.05) is 71.9 Å². The van der Waals surface area contributed by atoms with E-state index in [0.29, 0.717) is 59.0 Å². The zero-order valence-corrected chi connectivity index (χ0v) is 29.6. The minimum Gasteiger partial charge on any atom is -0.302 e. The number of hydrogen-bond acceptors (Lipinski definition) is 6. The van der Waals surface area contributed by atoms with Gasteiger partial charge in [-0.15, -0.1) is 0 Å². The van der Waals surface area contributed by atoms with Crippen molar-refractivity contribution in [2.75, 3.05) is 53.4 Å².